The van der Waals surface area contributed by atoms with E-state index >= 15 is 0 Å². The molecule has 1 heterocycles. The molecule has 0 aliphatic heterocycles. The Balaban J connectivity index is 2.43. The van der Waals surface area contributed by atoms with Gasteiger partial charge in [-0.05, 0) is 23.9 Å². The molecule has 0 radical (unpaired) electrons. The van der Waals surface area contributed by atoms with Crippen LogP contribution in [-0.2, 0) is 7.05 Å². The normalized spacial score (nSPS) is 10.4. The summed E-state index contributed by atoms with van der Waals surface area (Å²) in [5, 5.41) is 24.1. The lowest BCUT2D eigenvalue weighted by Crippen LogP contribution is -2.00. The number of nitro groups is 1. The Kier molecular flexibility index (Phi) is 3.47. The molecular formula is C10H8N4O4S. The van der Waals surface area contributed by atoms with Crippen LogP contribution in [0, 0.1) is 10.1 Å². The smallest absolute Gasteiger partial charge is 0.335 e. The average Bonchev–Trinajstić information content (AvgIpc) is 2.75. The third-order valence-corrected chi connectivity index (χ3v) is 3.39. The lowest BCUT2D eigenvalue weighted by molar-refractivity contribution is -0.387. The number of carbonyl (C=O) groups is 1. The van der Waals surface area contributed by atoms with Gasteiger partial charge in [0.05, 0.1) is 15.4 Å². The van der Waals surface area contributed by atoms with Gasteiger partial charge in [0.2, 0.25) is 0 Å². The molecule has 1 aromatic carbocycles. The van der Waals surface area contributed by atoms with Crippen molar-refractivity contribution >= 4 is 23.4 Å². The number of benzene rings is 1. The summed E-state index contributed by atoms with van der Waals surface area (Å²) in [6, 6.07) is 3.73. The Labute approximate surface area is 111 Å². The third-order valence-electron chi connectivity index (χ3n) is 2.27. The van der Waals surface area contributed by atoms with Crippen LogP contribution in [0.4, 0.5) is 5.69 Å². The first-order chi connectivity index (χ1) is 8.99. The Morgan fingerprint density at radius 3 is 2.79 bits per heavy atom. The van der Waals surface area contributed by atoms with Crippen molar-refractivity contribution in [3.8, 4) is 0 Å². The number of carboxylic acid groups (broad SMARTS) is 1. The summed E-state index contributed by atoms with van der Waals surface area (Å²) in [6.07, 6.45) is 1.33. The predicted octanol–water partition coefficient (Wildman–Crippen LogP) is 1.57. The maximum absolute atomic E-state index is 11.0. The van der Waals surface area contributed by atoms with E-state index in [1.165, 1.54) is 23.1 Å². The molecule has 0 saturated heterocycles. The van der Waals surface area contributed by atoms with Gasteiger partial charge in [-0.15, -0.1) is 0 Å². The summed E-state index contributed by atoms with van der Waals surface area (Å²) in [4.78, 5) is 25.4. The molecule has 98 valence electrons. The van der Waals surface area contributed by atoms with E-state index in [1.54, 1.807) is 7.05 Å². The molecule has 0 saturated carbocycles. The number of nitrogens with zero attached hydrogens (tertiary/aromatic N) is 4. The fraction of sp³-hybridized carbons (Fsp3) is 0.100. The molecular weight excluding hydrogens is 272 g/mol. The minimum absolute atomic E-state index is 0.131. The SMILES string of the molecule is Cn1ncnc1Sc1ccc(C(=O)O)cc1[N+](=O)[O-]. The van der Waals surface area contributed by atoms with E-state index in [0.717, 1.165) is 17.8 Å². The second-order valence-corrected chi connectivity index (χ2v) is 4.52. The first-order valence-electron chi connectivity index (χ1n) is 5.02. The van der Waals surface area contributed by atoms with Gasteiger partial charge >= 0.3 is 5.97 Å². The van der Waals surface area contributed by atoms with Crippen LogP contribution in [0.1, 0.15) is 10.4 Å². The van der Waals surface area contributed by atoms with Crippen LogP contribution < -0.4 is 0 Å². The Hall–Kier alpha value is -2.42. The fourth-order valence-corrected chi connectivity index (χ4v) is 2.21. The van der Waals surface area contributed by atoms with Gasteiger partial charge in [0.25, 0.3) is 5.69 Å². The zero-order valence-electron chi connectivity index (χ0n) is 9.68. The Morgan fingerprint density at radius 1 is 1.53 bits per heavy atom. The van der Waals surface area contributed by atoms with E-state index in [2.05, 4.69) is 10.1 Å². The number of carboxylic acids is 1. The summed E-state index contributed by atoms with van der Waals surface area (Å²) in [5.74, 6) is -1.21. The number of aromatic nitrogens is 3. The van der Waals surface area contributed by atoms with E-state index in [9.17, 15) is 14.9 Å². The number of aryl methyl sites for hydroxylation is 1. The van der Waals surface area contributed by atoms with Crippen LogP contribution in [-0.4, -0.2) is 30.8 Å². The standard InChI is InChI=1S/C10H8N4O4S/c1-13-10(11-5-12-13)19-8-3-2-6(9(15)16)4-7(8)14(17)18/h2-5H,1H3,(H,15,16). The van der Waals surface area contributed by atoms with Gasteiger partial charge in [-0.3, -0.25) is 10.1 Å². The molecule has 8 nitrogen and oxygen atoms in total. The lowest BCUT2D eigenvalue weighted by atomic mass is 10.2. The van der Waals surface area contributed by atoms with Crippen molar-refractivity contribution in [1.82, 2.24) is 14.8 Å². The highest BCUT2D eigenvalue weighted by Gasteiger charge is 2.19. The number of aromatic carboxylic acids is 1. The minimum atomic E-state index is -1.21. The van der Waals surface area contributed by atoms with Crippen LogP contribution >= 0.6 is 11.8 Å². The van der Waals surface area contributed by atoms with E-state index < -0.39 is 10.9 Å². The molecule has 0 aliphatic rings. The molecule has 0 spiro atoms. The number of nitro benzene ring substituents is 1. The number of rotatable bonds is 4. The molecule has 2 aromatic rings. The topological polar surface area (TPSA) is 111 Å². The quantitative estimate of drug-likeness (QED) is 0.668. The van der Waals surface area contributed by atoms with Crippen molar-refractivity contribution in [2.75, 3.05) is 0 Å². The van der Waals surface area contributed by atoms with Crippen molar-refractivity contribution in [3.05, 3.63) is 40.2 Å². The van der Waals surface area contributed by atoms with Crippen LogP contribution in [0.2, 0.25) is 0 Å². The van der Waals surface area contributed by atoms with Crippen molar-refractivity contribution in [3.63, 3.8) is 0 Å². The van der Waals surface area contributed by atoms with Crippen LogP contribution in [0.5, 0.6) is 0 Å². The highest BCUT2D eigenvalue weighted by Crippen LogP contribution is 2.33. The molecule has 0 bridgehead atoms. The number of hydrogen-bond acceptors (Lipinski definition) is 6. The predicted molar refractivity (Wildman–Crippen MR) is 65.2 cm³/mol. The average molecular weight is 280 g/mol. The summed E-state index contributed by atoms with van der Waals surface area (Å²) in [7, 11) is 1.66. The van der Waals surface area contributed by atoms with Crippen molar-refractivity contribution in [2.45, 2.75) is 10.1 Å². The van der Waals surface area contributed by atoms with Crippen LogP contribution in [0.25, 0.3) is 0 Å². The van der Waals surface area contributed by atoms with Gasteiger partial charge in [-0.2, -0.15) is 5.10 Å². The first-order valence-corrected chi connectivity index (χ1v) is 5.84. The van der Waals surface area contributed by atoms with Crippen molar-refractivity contribution < 1.29 is 14.8 Å². The summed E-state index contributed by atoms with van der Waals surface area (Å²) >= 11 is 1.05. The molecule has 2 rings (SSSR count). The maximum atomic E-state index is 11.0. The molecule has 9 heteroatoms. The van der Waals surface area contributed by atoms with Gasteiger partial charge in [-0.1, -0.05) is 0 Å². The largest absolute Gasteiger partial charge is 0.478 e. The van der Waals surface area contributed by atoms with E-state index in [1.807, 2.05) is 0 Å². The van der Waals surface area contributed by atoms with Crippen molar-refractivity contribution in [1.29, 1.82) is 0 Å². The summed E-state index contributed by atoms with van der Waals surface area (Å²) in [6.45, 7) is 0. The van der Waals surface area contributed by atoms with Gasteiger partial charge in [0.15, 0.2) is 5.16 Å². The zero-order chi connectivity index (χ0) is 14.0. The maximum Gasteiger partial charge on any atom is 0.335 e. The van der Waals surface area contributed by atoms with Gasteiger partial charge in [0, 0.05) is 13.1 Å². The van der Waals surface area contributed by atoms with E-state index in [-0.39, 0.29) is 11.3 Å². The Bertz CT molecular complexity index is 655. The lowest BCUT2D eigenvalue weighted by Gasteiger charge is -2.03. The van der Waals surface area contributed by atoms with Crippen LogP contribution in [0.15, 0.2) is 34.6 Å². The van der Waals surface area contributed by atoms with Crippen molar-refractivity contribution in [2.24, 2.45) is 7.05 Å². The van der Waals surface area contributed by atoms with Crippen LogP contribution in [0.3, 0.4) is 0 Å². The molecule has 0 amide bonds. The minimum Gasteiger partial charge on any atom is -0.478 e. The van der Waals surface area contributed by atoms with E-state index in [0.29, 0.717) is 10.1 Å². The zero-order valence-corrected chi connectivity index (χ0v) is 10.5. The Morgan fingerprint density at radius 2 is 2.26 bits per heavy atom. The molecule has 0 aliphatic carbocycles. The monoisotopic (exact) mass is 280 g/mol. The summed E-state index contributed by atoms with van der Waals surface area (Å²) < 4.78 is 1.47. The molecule has 1 N–H and O–H groups in total. The first kappa shape index (κ1) is 13.0. The van der Waals surface area contributed by atoms with Gasteiger partial charge < -0.3 is 5.11 Å². The number of hydrogen-bond donors (Lipinski definition) is 1. The van der Waals surface area contributed by atoms with Gasteiger partial charge in [0.1, 0.15) is 6.33 Å². The summed E-state index contributed by atoms with van der Waals surface area (Å²) in [5.41, 5.74) is -0.401. The molecule has 0 fully saturated rings. The molecule has 0 unspecified atom stereocenters. The molecule has 1 aromatic heterocycles. The second-order valence-electron chi connectivity index (χ2n) is 3.51. The molecule has 0 atom stereocenters. The highest BCUT2D eigenvalue weighted by atomic mass is 32.2. The fourth-order valence-electron chi connectivity index (χ4n) is 1.36. The van der Waals surface area contributed by atoms with Gasteiger partial charge in [-0.25, -0.2) is 14.5 Å². The molecule has 19 heavy (non-hydrogen) atoms. The second kappa shape index (κ2) is 5.06. The third kappa shape index (κ3) is 2.71. The van der Waals surface area contributed by atoms with E-state index in [4.69, 9.17) is 5.11 Å². The highest BCUT2D eigenvalue weighted by molar-refractivity contribution is 7.99.